The maximum Gasteiger partial charge on any atom is 0.170 e. The first-order valence-corrected chi connectivity index (χ1v) is 7.04. The van der Waals surface area contributed by atoms with Gasteiger partial charge < -0.3 is 5.32 Å². The van der Waals surface area contributed by atoms with Gasteiger partial charge in [0.05, 0.1) is 12.2 Å². The molecule has 0 bridgehead atoms. The van der Waals surface area contributed by atoms with Crippen LogP contribution in [0.2, 0.25) is 0 Å². The lowest BCUT2D eigenvalue weighted by Crippen LogP contribution is -2.53. The van der Waals surface area contributed by atoms with Crippen molar-refractivity contribution in [2.75, 3.05) is 13.1 Å². The fraction of sp³-hybridized carbons (Fsp3) is 0.500. The molecule has 1 aliphatic heterocycles. The molecule has 2 aromatic rings. The quantitative estimate of drug-likeness (QED) is 0.897. The van der Waals surface area contributed by atoms with Crippen molar-refractivity contribution in [2.45, 2.75) is 32.5 Å². The third-order valence-electron chi connectivity index (χ3n) is 3.77. The molecule has 6 heteroatoms. The van der Waals surface area contributed by atoms with E-state index < -0.39 is 0 Å². The smallest absolute Gasteiger partial charge is 0.170 e. The maximum absolute atomic E-state index is 4.19. The van der Waals surface area contributed by atoms with E-state index in [4.69, 9.17) is 0 Å². The zero-order valence-electron chi connectivity index (χ0n) is 11.9. The van der Waals surface area contributed by atoms with Gasteiger partial charge in [0.25, 0.3) is 0 Å². The Morgan fingerprint density at radius 2 is 2.05 bits per heavy atom. The van der Waals surface area contributed by atoms with Gasteiger partial charge in [-0.05, 0) is 36.4 Å². The average molecular weight is 272 g/mol. The van der Waals surface area contributed by atoms with Crippen LogP contribution in [0.25, 0.3) is 5.69 Å². The van der Waals surface area contributed by atoms with E-state index in [-0.39, 0.29) is 0 Å². The summed E-state index contributed by atoms with van der Waals surface area (Å²) in [6.45, 7) is 7.24. The zero-order chi connectivity index (χ0) is 13.9. The first-order chi connectivity index (χ1) is 9.74. The van der Waals surface area contributed by atoms with Crippen molar-refractivity contribution >= 4 is 0 Å². The number of para-hydroxylation sites is 1. The van der Waals surface area contributed by atoms with Gasteiger partial charge in [0.2, 0.25) is 0 Å². The van der Waals surface area contributed by atoms with Gasteiger partial charge in [0.1, 0.15) is 0 Å². The predicted octanol–water partition coefficient (Wildman–Crippen LogP) is 0.844. The van der Waals surface area contributed by atoms with Gasteiger partial charge >= 0.3 is 0 Å². The summed E-state index contributed by atoms with van der Waals surface area (Å²) in [7, 11) is 0. The summed E-state index contributed by atoms with van der Waals surface area (Å²) in [6.07, 6.45) is 0. The number of hydrogen-bond donors (Lipinski definition) is 1. The highest BCUT2D eigenvalue weighted by atomic mass is 15.5. The molecule has 2 unspecified atom stereocenters. The minimum atomic E-state index is 0.493. The van der Waals surface area contributed by atoms with Crippen molar-refractivity contribution in [1.29, 1.82) is 0 Å². The Kier molecular flexibility index (Phi) is 3.75. The molecule has 1 fully saturated rings. The molecule has 0 aliphatic carbocycles. The van der Waals surface area contributed by atoms with Gasteiger partial charge in [-0.1, -0.05) is 18.2 Å². The molecule has 6 nitrogen and oxygen atoms in total. The van der Waals surface area contributed by atoms with E-state index in [1.807, 2.05) is 35.0 Å². The second-order valence-corrected chi connectivity index (χ2v) is 5.43. The molecule has 0 amide bonds. The Balaban J connectivity index is 1.80. The molecule has 0 radical (unpaired) electrons. The van der Waals surface area contributed by atoms with Gasteiger partial charge in [0.15, 0.2) is 5.82 Å². The van der Waals surface area contributed by atoms with E-state index in [2.05, 4.69) is 39.6 Å². The molecule has 20 heavy (non-hydrogen) atoms. The molecule has 1 N–H and O–H groups in total. The third-order valence-corrected chi connectivity index (χ3v) is 3.77. The second kappa shape index (κ2) is 5.68. The fourth-order valence-electron chi connectivity index (χ4n) is 2.57. The van der Waals surface area contributed by atoms with Gasteiger partial charge in [0, 0.05) is 25.2 Å². The Morgan fingerprint density at radius 1 is 1.25 bits per heavy atom. The van der Waals surface area contributed by atoms with Crippen molar-refractivity contribution in [2.24, 2.45) is 0 Å². The highest BCUT2D eigenvalue weighted by molar-refractivity contribution is 5.30. The number of aromatic nitrogens is 4. The molecule has 1 aliphatic rings. The van der Waals surface area contributed by atoms with Crippen molar-refractivity contribution in [3.05, 3.63) is 36.2 Å². The number of rotatable bonds is 3. The number of piperazine rings is 1. The molecule has 0 spiro atoms. The van der Waals surface area contributed by atoms with Crippen molar-refractivity contribution < 1.29 is 0 Å². The Bertz CT molecular complexity index is 552. The van der Waals surface area contributed by atoms with Crippen LogP contribution in [0.5, 0.6) is 0 Å². The van der Waals surface area contributed by atoms with E-state index in [1.165, 1.54) is 0 Å². The summed E-state index contributed by atoms with van der Waals surface area (Å²) in [5.74, 6) is 0.886. The molecule has 1 aromatic heterocycles. The largest absolute Gasteiger partial charge is 0.311 e. The Labute approximate surface area is 118 Å². The van der Waals surface area contributed by atoms with Gasteiger partial charge in [-0.15, -0.1) is 5.10 Å². The minimum Gasteiger partial charge on any atom is -0.311 e. The predicted molar refractivity (Wildman–Crippen MR) is 76.5 cm³/mol. The molecule has 2 heterocycles. The standard InChI is InChI=1S/C14H20N6/c1-11-9-19(12(2)8-15-11)10-14-16-17-18-20(14)13-6-4-3-5-7-13/h3-7,11-12,15H,8-10H2,1-2H3. The lowest BCUT2D eigenvalue weighted by atomic mass is 10.1. The number of benzene rings is 1. The highest BCUT2D eigenvalue weighted by Gasteiger charge is 2.24. The fourth-order valence-corrected chi connectivity index (χ4v) is 2.57. The number of nitrogens with zero attached hydrogens (tertiary/aromatic N) is 5. The Hall–Kier alpha value is -1.79. The molecule has 1 saturated heterocycles. The number of hydrogen-bond acceptors (Lipinski definition) is 5. The van der Waals surface area contributed by atoms with E-state index >= 15 is 0 Å². The third kappa shape index (κ3) is 2.71. The van der Waals surface area contributed by atoms with E-state index in [9.17, 15) is 0 Å². The number of tetrazole rings is 1. The number of nitrogens with one attached hydrogen (secondary N) is 1. The minimum absolute atomic E-state index is 0.493. The Morgan fingerprint density at radius 3 is 2.85 bits per heavy atom. The maximum atomic E-state index is 4.19. The van der Waals surface area contributed by atoms with Gasteiger partial charge in [-0.3, -0.25) is 4.90 Å². The highest BCUT2D eigenvalue weighted by Crippen LogP contribution is 2.13. The molecular formula is C14H20N6. The molecule has 3 rings (SSSR count). The van der Waals surface area contributed by atoms with Crippen LogP contribution in [-0.4, -0.2) is 50.3 Å². The van der Waals surface area contributed by atoms with Crippen LogP contribution in [-0.2, 0) is 6.54 Å². The summed E-state index contributed by atoms with van der Waals surface area (Å²) in [4.78, 5) is 2.42. The summed E-state index contributed by atoms with van der Waals surface area (Å²) in [6, 6.07) is 11.0. The molecular weight excluding hydrogens is 252 g/mol. The lowest BCUT2D eigenvalue weighted by molar-refractivity contribution is 0.134. The van der Waals surface area contributed by atoms with Crippen molar-refractivity contribution in [1.82, 2.24) is 30.4 Å². The first kappa shape index (κ1) is 13.2. The van der Waals surface area contributed by atoms with Crippen LogP contribution in [0, 0.1) is 0 Å². The summed E-state index contributed by atoms with van der Waals surface area (Å²) < 4.78 is 1.82. The lowest BCUT2D eigenvalue weighted by Gasteiger charge is -2.37. The normalized spacial score (nSPS) is 23.9. The summed E-state index contributed by atoms with van der Waals surface area (Å²) in [5.41, 5.74) is 1.00. The van der Waals surface area contributed by atoms with Crippen LogP contribution in [0.3, 0.4) is 0 Å². The summed E-state index contributed by atoms with van der Waals surface area (Å²) in [5, 5.41) is 15.6. The van der Waals surface area contributed by atoms with Gasteiger partial charge in [-0.25, -0.2) is 0 Å². The molecule has 0 saturated carbocycles. The molecule has 1 aromatic carbocycles. The topological polar surface area (TPSA) is 58.9 Å². The van der Waals surface area contributed by atoms with E-state index in [0.717, 1.165) is 31.1 Å². The zero-order valence-corrected chi connectivity index (χ0v) is 11.9. The van der Waals surface area contributed by atoms with Crippen LogP contribution >= 0.6 is 0 Å². The van der Waals surface area contributed by atoms with Crippen molar-refractivity contribution in [3.63, 3.8) is 0 Å². The second-order valence-electron chi connectivity index (χ2n) is 5.43. The van der Waals surface area contributed by atoms with Crippen LogP contribution in [0.15, 0.2) is 30.3 Å². The SMILES string of the molecule is CC1CN(Cc2nnnn2-c2ccccc2)C(C)CN1. The monoisotopic (exact) mass is 272 g/mol. The van der Waals surface area contributed by atoms with Crippen LogP contribution < -0.4 is 5.32 Å². The van der Waals surface area contributed by atoms with Crippen LogP contribution in [0.4, 0.5) is 0 Å². The molecule has 106 valence electrons. The van der Waals surface area contributed by atoms with Crippen molar-refractivity contribution in [3.8, 4) is 5.69 Å². The molecule has 2 atom stereocenters. The van der Waals surface area contributed by atoms with E-state index in [0.29, 0.717) is 12.1 Å². The first-order valence-electron chi connectivity index (χ1n) is 7.04. The van der Waals surface area contributed by atoms with Crippen LogP contribution in [0.1, 0.15) is 19.7 Å². The van der Waals surface area contributed by atoms with E-state index in [1.54, 1.807) is 0 Å². The summed E-state index contributed by atoms with van der Waals surface area (Å²) >= 11 is 0. The van der Waals surface area contributed by atoms with Gasteiger partial charge in [-0.2, -0.15) is 4.68 Å². The average Bonchev–Trinajstić information content (AvgIpc) is 2.92.